The van der Waals surface area contributed by atoms with E-state index in [0.717, 1.165) is 29.3 Å². The van der Waals surface area contributed by atoms with Gasteiger partial charge in [0.2, 0.25) is 0 Å². The van der Waals surface area contributed by atoms with Gasteiger partial charge in [0.1, 0.15) is 5.76 Å². The van der Waals surface area contributed by atoms with Gasteiger partial charge in [0, 0.05) is 43.0 Å². The number of ether oxygens (including phenoxy) is 3. The van der Waals surface area contributed by atoms with Crippen LogP contribution in [0.25, 0.3) is 0 Å². The molecule has 0 saturated carbocycles. The zero-order valence-electron chi connectivity index (χ0n) is 20.2. The number of thiol groups is 1. The maximum absolute atomic E-state index is 12.6. The van der Waals surface area contributed by atoms with Crippen LogP contribution >= 0.6 is 24.2 Å². The van der Waals surface area contributed by atoms with Crippen LogP contribution in [-0.4, -0.2) is 52.1 Å². The fraction of sp³-hybridized carbons (Fsp3) is 0.542. The monoisotopic (exact) mass is 486 g/mol. The first-order valence-corrected chi connectivity index (χ1v) is 11.8. The number of Topliss-reactive ketones (excluding diaryl/α,β-unsaturated/α-hetero) is 1. The minimum Gasteiger partial charge on any atom is -0.498 e. The lowest BCUT2D eigenvalue weighted by molar-refractivity contribution is -0.115. The second-order valence-electron chi connectivity index (χ2n) is 6.68. The number of hydrogen-bond donors (Lipinski definition) is 3. The van der Waals surface area contributed by atoms with E-state index in [9.17, 15) is 4.79 Å². The molecule has 0 bridgehead atoms. The van der Waals surface area contributed by atoms with Crippen LogP contribution < -0.4 is 11.1 Å². The Labute approximate surface area is 203 Å². The lowest BCUT2D eigenvalue weighted by Gasteiger charge is -2.32. The highest BCUT2D eigenvalue weighted by molar-refractivity contribution is 7.80. The van der Waals surface area contributed by atoms with E-state index in [1.807, 2.05) is 52.0 Å². The van der Waals surface area contributed by atoms with Crippen LogP contribution in [0.4, 0.5) is 0 Å². The predicted molar refractivity (Wildman–Crippen MR) is 136 cm³/mol. The molecule has 1 aliphatic rings. The Morgan fingerprint density at radius 3 is 2.28 bits per heavy atom. The zero-order chi connectivity index (χ0) is 24.5. The molecule has 1 aromatic rings. The highest BCUT2D eigenvalue weighted by atomic mass is 35.5. The second kappa shape index (κ2) is 18.0. The largest absolute Gasteiger partial charge is 0.498 e. The third kappa shape index (κ3) is 9.55. The third-order valence-electron chi connectivity index (χ3n) is 4.45. The van der Waals surface area contributed by atoms with E-state index in [-0.39, 0.29) is 11.7 Å². The van der Waals surface area contributed by atoms with E-state index in [0.29, 0.717) is 42.5 Å². The summed E-state index contributed by atoms with van der Waals surface area (Å²) in [6, 6.07) is 7.52. The topological polar surface area (TPSA) is 82.8 Å². The Bertz CT molecular complexity index is 751. The first-order valence-electron chi connectivity index (χ1n) is 10.8. The number of nitrogens with two attached hydrogens (primary N) is 1. The average Bonchev–Trinajstić information content (AvgIpc) is 2.79. The normalized spacial score (nSPS) is 15.2. The van der Waals surface area contributed by atoms with Gasteiger partial charge in [-0.25, -0.2) is 0 Å². The van der Waals surface area contributed by atoms with Crippen molar-refractivity contribution in [2.45, 2.75) is 40.0 Å². The van der Waals surface area contributed by atoms with Crippen molar-refractivity contribution in [3.05, 3.63) is 57.6 Å². The number of ketones is 1. The molecular weight excluding hydrogens is 448 g/mol. The number of dihydropyridines is 1. The fourth-order valence-electron chi connectivity index (χ4n) is 3.05. The molecule has 1 unspecified atom stereocenters. The number of rotatable bonds is 9. The van der Waals surface area contributed by atoms with E-state index in [4.69, 9.17) is 26.8 Å². The predicted octanol–water partition coefficient (Wildman–Crippen LogP) is 4.70. The van der Waals surface area contributed by atoms with Gasteiger partial charge in [-0.15, -0.1) is 0 Å². The van der Waals surface area contributed by atoms with Crippen LogP contribution in [0, 0.1) is 0 Å². The van der Waals surface area contributed by atoms with Crippen molar-refractivity contribution >= 4 is 30.0 Å². The van der Waals surface area contributed by atoms with Crippen LogP contribution in [0.3, 0.4) is 0 Å². The molecule has 32 heavy (non-hydrogen) atoms. The van der Waals surface area contributed by atoms with Crippen LogP contribution in [0.15, 0.2) is 47.0 Å². The smallest absolute Gasteiger partial charge is 0.161 e. The Morgan fingerprint density at radius 1 is 1.22 bits per heavy atom. The molecule has 3 N–H and O–H groups in total. The molecule has 0 radical (unpaired) electrons. The van der Waals surface area contributed by atoms with Gasteiger partial charge >= 0.3 is 0 Å². The first kappa shape index (κ1) is 30.5. The molecule has 0 aliphatic carbocycles. The van der Waals surface area contributed by atoms with Gasteiger partial charge in [0.25, 0.3) is 0 Å². The molecule has 8 heteroatoms. The summed E-state index contributed by atoms with van der Waals surface area (Å²) in [6.07, 6.45) is 0.408. The fourth-order valence-corrected chi connectivity index (χ4v) is 3.29. The quantitative estimate of drug-likeness (QED) is 0.346. The van der Waals surface area contributed by atoms with Crippen molar-refractivity contribution in [2.75, 3.05) is 46.3 Å². The van der Waals surface area contributed by atoms with Crippen LogP contribution in [0.1, 0.15) is 45.6 Å². The van der Waals surface area contributed by atoms with Gasteiger partial charge in [-0.1, -0.05) is 43.6 Å². The van der Waals surface area contributed by atoms with Crippen molar-refractivity contribution in [3.63, 3.8) is 0 Å². The molecule has 0 aromatic heterocycles. The summed E-state index contributed by atoms with van der Waals surface area (Å²) in [5.74, 6) is 1.29. The Morgan fingerprint density at radius 2 is 1.81 bits per heavy atom. The number of allylic oxidation sites excluding steroid dienone is 2. The molecule has 1 aromatic carbocycles. The van der Waals surface area contributed by atoms with Crippen LogP contribution in [0.5, 0.6) is 0 Å². The maximum Gasteiger partial charge on any atom is 0.161 e. The second-order valence-corrected chi connectivity index (χ2v) is 7.72. The summed E-state index contributed by atoms with van der Waals surface area (Å²) < 4.78 is 15.8. The van der Waals surface area contributed by atoms with E-state index in [1.165, 1.54) is 0 Å². The summed E-state index contributed by atoms with van der Waals surface area (Å²) in [7, 11) is 3.28. The number of carbonyl (C=O) groups is 1. The van der Waals surface area contributed by atoms with Gasteiger partial charge in [-0.2, -0.15) is 12.6 Å². The van der Waals surface area contributed by atoms with Crippen molar-refractivity contribution < 1.29 is 19.0 Å². The standard InChI is InChI=1S/C19H25ClN2O3.C3H8O.C2H6S/c1-4-16(23)17-12(2)22-15(11-25-10-9-21)19(24-3)18(17)13-7-5-6-8-14(13)20;1-3-4-2;1-2-3/h5-8,18,22H,4,9-11,21H2,1-3H3;3H2,1-2H3;3H,2H2,1H3. The number of hydrogen-bond acceptors (Lipinski definition) is 7. The van der Waals surface area contributed by atoms with E-state index >= 15 is 0 Å². The van der Waals surface area contributed by atoms with Crippen molar-refractivity contribution in [3.8, 4) is 0 Å². The SMILES string of the molecule is CCC(=O)C1=C(C)NC(COCCN)=C(OC)C1c1ccccc1Cl.CCOC.CCS. The highest BCUT2D eigenvalue weighted by Crippen LogP contribution is 2.41. The molecule has 1 aliphatic heterocycles. The highest BCUT2D eigenvalue weighted by Gasteiger charge is 2.35. The number of benzene rings is 1. The van der Waals surface area contributed by atoms with Gasteiger partial charge in [0.15, 0.2) is 5.78 Å². The number of halogens is 1. The third-order valence-corrected chi connectivity index (χ3v) is 4.79. The molecule has 182 valence electrons. The van der Waals surface area contributed by atoms with Crippen molar-refractivity contribution in [1.29, 1.82) is 0 Å². The zero-order valence-corrected chi connectivity index (χ0v) is 21.8. The first-order chi connectivity index (χ1) is 15.4. The molecule has 0 saturated heterocycles. The Hall–Kier alpha value is -1.51. The lowest BCUT2D eigenvalue weighted by Crippen LogP contribution is -2.32. The molecule has 0 amide bonds. The molecule has 1 heterocycles. The summed E-state index contributed by atoms with van der Waals surface area (Å²) in [4.78, 5) is 12.6. The van der Waals surface area contributed by atoms with Crippen LogP contribution in [-0.2, 0) is 19.0 Å². The summed E-state index contributed by atoms with van der Waals surface area (Å²) in [5.41, 5.74) is 8.59. The summed E-state index contributed by atoms with van der Waals surface area (Å²) in [5, 5.41) is 3.86. The number of methoxy groups -OCH3 is 2. The molecule has 0 fully saturated rings. The maximum atomic E-state index is 12.6. The van der Waals surface area contributed by atoms with E-state index in [1.54, 1.807) is 14.2 Å². The Kier molecular flexibility index (Phi) is 17.1. The van der Waals surface area contributed by atoms with E-state index < -0.39 is 0 Å². The molecule has 2 rings (SSSR count). The molecular formula is C24H39ClN2O4S. The van der Waals surface area contributed by atoms with Gasteiger partial charge in [0.05, 0.1) is 31.9 Å². The number of nitrogens with one attached hydrogen (secondary N) is 1. The van der Waals surface area contributed by atoms with Crippen LogP contribution in [0.2, 0.25) is 5.02 Å². The van der Waals surface area contributed by atoms with Gasteiger partial charge in [-0.3, -0.25) is 4.79 Å². The van der Waals surface area contributed by atoms with Crippen molar-refractivity contribution in [2.24, 2.45) is 5.73 Å². The van der Waals surface area contributed by atoms with E-state index in [2.05, 4.69) is 22.7 Å². The van der Waals surface area contributed by atoms with Gasteiger partial charge in [-0.05, 0) is 31.2 Å². The number of carbonyl (C=O) groups excluding carboxylic acids is 1. The lowest BCUT2D eigenvalue weighted by atomic mass is 9.82. The van der Waals surface area contributed by atoms with Crippen molar-refractivity contribution in [1.82, 2.24) is 5.32 Å². The molecule has 1 atom stereocenters. The molecule has 6 nitrogen and oxygen atoms in total. The van der Waals surface area contributed by atoms with Gasteiger partial charge < -0.3 is 25.3 Å². The minimum absolute atomic E-state index is 0.0615. The summed E-state index contributed by atoms with van der Waals surface area (Å²) in [6.45, 7) is 9.72. The minimum atomic E-state index is -0.358. The average molecular weight is 487 g/mol. The Balaban J connectivity index is 0.00000121. The summed E-state index contributed by atoms with van der Waals surface area (Å²) >= 11 is 10.2. The molecule has 0 spiro atoms.